The summed E-state index contributed by atoms with van der Waals surface area (Å²) < 4.78 is 0. The van der Waals surface area contributed by atoms with Crippen LogP contribution in [0.1, 0.15) is 5.56 Å². The zero-order valence-electron chi connectivity index (χ0n) is 11.5. The van der Waals surface area contributed by atoms with Crippen LogP contribution in [0.2, 0.25) is 0 Å². The molecule has 0 saturated carbocycles. The zero-order chi connectivity index (χ0) is 13.8. The molecule has 3 aromatic rings. The van der Waals surface area contributed by atoms with Crippen LogP contribution in [0.15, 0.2) is 78.9 Å². The van der Waals surface area contributed by atoms with E-state index in [1.54, 1.807) is 0 Å². The third-order valence-corrected chi connectivity index (χ3v) is 4.74. The smallest absolute Gasteiger partial charge is 0.0104 e. The van der Waals surface area contributed by atoms with Crippen molar-refractivity contribution in [1.29, 1.82) is 0 Å². The van der Waals surface area contributed by atoms with E-state index in [-0.39, 0.29) is 0 Å². The van der Waals surface area contributed by atoms with Crippen LogP contribution in [0.4, 0.5) is 0 Å². The molecular formula is C19H17P. The third-order valence-electron chi connectivity index (χ3n) is 3.42. The van der Waals surface area contributed by atoms with Gasteiger partial charge in [-0.3, -0.25) is 0 Å². The Labute approximate surface area is 122 Å². The van der Waals surface area contributed by atoms with Crippen molar-refractivity contribution in [3.05, 3.63) is 84.4 Å². The fourth-order valence-corrected chi connectivity index (χ4v) is 3.58. The molecule has 1 heteroatoms. The van der Waals surface area contributed by atoms with Crippen LogP contribution in [0.3, 0.4) is 0 Å². The largest absolute Gasteiger partial charge is 0.0622 e. The van der Waals surface area contributed by atoms with Gasteiger partial charge in [0.15, 0.2) is 0 Å². The molecule has 98 valence electrons. The lowest BCUT2D eigenvalue weighted by atomic mass is 10.0. The lowest BCUT2D eigenvalue weighted by molar-refractivity contribution is 1.47. The Balaban J connectivity index is 2.03. The van der Waals surface area contributed by atoms with Crippen LogP contribution < -0.4 is 10.6 Å². The molecule has 1 unspecified atom stereocenters. The molecule has 0 N–H and O–H groups in total. The predicted molar refractivity (Wildman–Crippen MR) is 90.6 cm³/mol. The van der Waals surface area contributed by atoms with Crippen molar-refractivity contribution in [3.8, 4) is 11.1 Å². The molecule has 0 aliphatic carbocycles. The molecule has 0 amide bonds. The van der Waals surface area contributed by atoms with Crippen molar-refractivity contribution in [1.82, 2.24) is 0 Å². The van der Waals surface area contributed by atoms with E-state index in [1.807, 2.05) is 0 Å². The predicted octanol–water partition coefficient (Wildman–Crippen LogP) is 4.29. The summed E-state index contributed by atoms with van der Waals surface area (Å²) in [5.74, 6) is 0. The average Bonchev–Trinajstić information content (AvgIpc) is 2.50. The van der Waals surface area contributed by atoms with Crippen molar-refractivity contribution in [2.75, 3.05) is 0 Å². The molecule has 3 aromatic carbocycles. The maximum Gasteiger partial charge on any atom is -0.0104 e. The fourth-order valence-electron chi connectivity index (χ4n) is 2.38. The van der Waals surface area contributed by atoms with E-state index >= 15 is 0 Å². The summed E-state index contributed by atoms with van der Waals surface area (Å²) >= 11 is 0. The third kappa shape index (κ3) is 2.81. The molecule has 0 bridgehead atoms. The molecular weight excluding hydrogens is 259 g/mol. The first-order chi connectivity index (χ1) is 9.84. The van der Waals surface area contributed by atoms with Gasteiger partial charge >= 0.3 is 0 Å². The highest BCUT2D eigenvalue weighted by Gasteiger charge is 2.07. The van der Waals surface area contributed by atoms with Crippen LogP contribution in [0, 0.1) is 6.92 Å². The first-order valence-corrected chi connectivity index (χ1v) is 7.82. The minimum atomic E-state index is 0.697. The molecule has 0 radical (unpaired) electrons. The molecule has 0 aromatic heterocycles. The molecule has 0 aliphatic heterocycles. The van der Waals surface area contributed by atoms with Crippen LogP contribution in [0.25, 0.3) is 11.1 Å². The maximum absolute atomic E-state index is 2.24. The highest BCUT2D eigenvalue weighted by atomic mass is 31.1. The Morgan fingerprint density at radius 1 is 0.600 bits per heavy atom. The number of benzene rings is 3. The first-order valence-electron chi connectivity index (χ1n) is 6.82. The van der Waals surface area contributed by atoms with Crippen LogP contribution in [0.5, 0.6) is 0 Å². The van der Waals surface area contributed by atoms with E-state index in [0.717, 1.165) is 0 Å². The van der Waals surface area contributed by atoms with Crippen molar-refractivity contribution < 1.29 is 0 Å². The van der Waals surface area contributed by atoms with Gasteiger partial charge in [-0.15, -0.1) is 0 Å². The molecule has 0 aliphatic rings. The second kappa shape index (κ2) is 6.03. The van der Waals surface area contributed by atoms with E-state index in [4.69, 9.17) is 0 Å². The van der Waals surface area contributed by atoms with Crippen LogP contribution >= 0.6 is 8.58 Å². The van der Waals surface area contributed by atoms with Gasteiger partial charge in [-0.05, 0) is 34.2 Å². The van der Waals surface area contributed by atoms with Gasteiger partial charge < -0.3 is 0 Å². The lowest BCUT2D eigenvalue weighted by Crippen LogP contribution is -2.06. The van der Waals surface area contributed by atoms with Gasteiger partial charge in [0.25, 0.3) is 0 Å². The molecule has 0 heterocycles. The fraction of sp³-hybridized carbons (Fsp3) is 0.0526. The summed E-state index contributed by atoms with van der Waals surface area (Å²) in [6, 6.07) is 28.0. The molecule has 3 rings (SSSR count). The lowest BCUT2D eigenvalue weighted by Gasteiger charge is -2.12. The van der Waals surface area contributed by atoms with Crippen molar-refractivity contribution in [2.24, 2.45) is 0 Å². The second-order valence-corrected chi connectivity index (χ2v) is 6.22. The molecule has 20 heavy (non-hydrogen) atoms. The van der Waals surface area contributed by atoms with Gasteiger partial charge in [0.1, 0.15) is 0 Å². The Bertz CT molecular complexity index is 702. The Hall–Kier alpha value is -1.91. The van der Waals surface area contributed by atoms with Crippen molar-refractivity contribution in [3.63, 3.8) is 0 Å². The molecule has 0 fully saturated rings. The topological polar surface area (TPSA) is 0 Å². The van der Waals surface area contributed by atoms with E-state index in [1.165, 1.54) is 27.3 Å². The quantitative estimate of drug-likeness (QED) is 0.626. The Morgan fingerprint density at radius 3 is 1.95 bits per heavy atom. The minimum Gasteiger partial charge on any atom is -0.0622 e. The molecule has 1 atom stereocenters. The second-order valence-electron chi connectivity index (χ2n) is 4.85. The Morgan fingerprint density at radius 2 is 1.20 bits per heavy atom. The summed E-state index contributed by atoms with van der Waals surface area (Å²) in [5.41, 5.74) is 4.03. The van der Waals surface area contributed by atoms with Crippen LogP contribution in [-0.2, 0) is 0 Å². The summed E-state index contributed by atoms with van der Waals surface area (Å²) in [5, 5.41) is 2.79. The monoisotopic (exact) mass is 276 g/mol. The van der Waals surface area contributed by atoms with E-state index < -0.39 is 0 Å². The summed E-state index contributed by atoms with van der Waals surface area (Å²) in [4.78, 5) is 0. The van der Waals surface area contributed by atoms with E-state index in [2.05, 4.69) is 85.8 Å². The SMILES string of the molecule is Cc1ccccc1-c1ccccc1Pc1ccccc1. The van der Waals surface area contributed by atoms with Gasteiger partial charge in [0.2, 0.25) is 0 Å². The zero-order valence-corrected chi connectivity index (χ0v) is 12.5. The molecule has 0 nitrogen and oxygen atoms in total. The normalized spacial score (nSPS) is 11.1. The maximum atomic E-state index is 2.24. The number of rotatable bonds is 3. The van der Waals surface area contributed by atoms with Gasteiger partial charge in [0.05, 0.1) is 0 Å². The van der Waals surface area contributed by atoms with E-state index in [0.29, 0.717) is 8.58 Å². The first kappa shape index (κ1) is 13.1. The number of hydrogen-bond donors (Lipinski definition) is 0. The van der Waals surface area contributed by atoms with E-state index in [9.17, 15) is 0 Å². The standard InChI is InChI=1S/C19H17P/c1-15-9-5-6-12-17(15)18-13-7-8-14-19(18)20-16-10-3-2-4-11-16/h2-14,20H,1H3. The summed E-state index contributed by atoms with van der Waals surface area (Å²) in [6.07, 6.45) is 0. The minimum absolute atomic E-state index is 0.697. The highest BCUT2D eigenvalue weighted by Crippen LogP contribution is 2.25. The summed E-state index contributed by atoms with van der Waals surface area (Å²) in [7, 11) is 0.697. The number of hydrogen-bond acceptors (Lipinski definition) is 0. The number of aryl methyl sites for hydroxylation is 1. The van der Waals surface area contributed by atoms with Gasteiger partial charge in [-0.25, -0.2) is 0 Å². The van der Waals surface area contributed by atoms with Crippen molar-refractivity contribution >= 4 is 19.2 Å². The molecule has 0 saturated heterocycles. The van der Waals surface area contributed by atoms with Gasteiger partial charge in [-0.1, -0.05) is 87.4 Å². The Kier molecular flexibility index (Phi) is 3.95. The van der Waals surface area contributed by atoms with Gasteiger partial charge in [-0.2, -0.15) is 0 Å². The summed E-state index contributed by atoms with van der Waals surface area (Å²) in [6.45, 7) is 2.18. The molecule has 0 spiro atoms. The van der Waals surface area contributed by atoms with Crippen molar-refractivity contribution in [2.45, 2.75) is 6.92 Å². The average molecular weight is 276 g/mol. The highest BCUT2D eigenvalue weighted by molar-refractivity contribution is 7.55. The van der Waals surface area contributed by atoms with Gasteiger partial charge in [0, 0.05) is 0 Å². The van der Waals surface area contributed by atoms with Crippen LogP contribution in [-0.4, -0.2) is 0 Å².